The van der Waals surface area contributed by atoms with Gasteiger partial charge in [0.15, 0.2) is 46.3 Å². The number of carbonyl (C=O) groups is 4. The number of nitrogen functional groups attached to an aromatic ring is 2. The maximum absolute atomic E-state index is 11.7. The van der Waals surface area contributed by atoms with E-state index in [-0.39, 0.29) is 103 Å². The minimum atomic E-state index is -1.40. The Balaban J connectivity index is 1.21. The normalized spacial score (nSPS) is 11.2. The fraction of sp³-hybridized carbons (Fsp3) is 0.0556. The third-order valence-corrected chi connectivity index (χ3v) is 8.71. The summed E-state index contributed by atoms with van der Waals surface area (Å²) < 4.78 is 4.53. The predicted octanol–water partition coefficient (Wildman–Crippen LogP) is 5.05. The smallest absolute Gasteiger partial charge is 0.335 e. The molecular weight excluding hydrogens is 813 g/mol. The fourth-order valence-electron chi connectivity index (χ4n) is 5.80. The molecule has 7 aromatic rings. The summed E-state index contributed by atoms with van der Waals surface area (Å²) in [5.41, 5.74) is 11.9. The molecule has 7 rings (SSSR count). The van der Waals surface area contributed by atoms with E-state index in [1.165, 1.54) is 21.8 Å². The summed E-state index contributed by atoms with van der Waals surface area (Å²) in [4.78, 5) is 58.8. The maximum atomic E-state index is 11.7. The Kier molecular flexibility index (Phi) is 10.2. The first-order valence-electron chi connectivity index (χ1n) is 17.1. The Bertz CT molecular complexity index is 2920. The molecule has 0 saturated heterocycles. The summed E-state index contributed by atoms with van der Waals surface area (Å²) in [6.45, 7) is 10.7. The fourth-order valence-corrected chi connectivity index (χ4v) is 5.80. The van der Waals surface area contributed by atoms with Gasteiger partial charge < -0.3 is 31.9 Å². The van der Waals surface area contributed by atoms with Crippen LogP contribution >= 0.6 is 0 Å². The average Bonchev–Trinajstić information content (AvgIpc) is 4.01. The number of hydrogen-bond donors (Lipinski definition) is 6. The SMILES string of the molecule is [C-]#[N+]c1cnn(-c2cc(C(=O)O)cc(C(=O)O)c2)c1N=Nc1c(C)nn(-c2cc(-n3nc(C)c(N=Nc4c(C#N)cnn4-c4cc(C(=O)O)cc(C(=O)O)c4)c3N)ncn2)c1N. The number of aromatic nitrogens is 10. The van der Waals surface area contributed by atoms with E-state index >= 15 is 0 Å². The van der Waals surface area contributed by atoms with E-state index in [0.717, 1.165) is 58.2 Å². The number of azo groups is 2. The van der Waals surface area contributed by atoms with E-state index in [0.29, 0.717) is 0 Å². The summed E-state index contributed by atoms with van der Waals surface area (Å²) in [6, 6.07) is 9.88. The number of aryl methyl sites for hydroxylation is 2. The molecule has 26 nitrogen and oxygen atoms in total. The van der Waals surface area contributed by atoms with Gasteiger partial charge in [-0.1, -0.05) is 0 Å². The van der Waals surface area contributed by atoms with Gasteiger partial charge in [0, 0.05) is 6.07 Å². The van der Waals surface area contributed by atoms with Gasteiger partial charge in [-0.2, -0.15) is 35.0 Å². The van der Waals surface area contributed by atoms with E-state index < -0.39 is 23.9 Å². The molecule has 0 aliphatic heterocycles. The first-order valence-corrected chi connectivity index (χ1v) is 17.1. The van der Waals surface area contributed by atoms with Gasteiger partial charge in [-0.3, -0.25) is 0 Å². The van der Waals surface area contributed by atoms with Crippen LogP contribution in [0, 0.1) is 31.8 Å². The van der Waals surface area contributed by atoms with E-state index in [2.05, 4.69) is 55.7 Å². The van der Waals surface area contributed by atoms with Crippen molar-refractivity contribution in [1.29, 1.82) is 5.26 Å². The van der Waals surface area contributed by atoms with Crippen LogP contribution in [-0.2, 0) is 0 Å². The average molecular weight is 837 g/mol. The molecule has 0 aliphatic carbocycles. The lowest BCUT2D eigenvalue weighted by atomic mass is 10.1. The molecule has 0 unspecified atom stereocenters. The molecular formula is C36H24N18O8. The second-order valence-electron chi connectivity index (χ2n) is 12.6. The highest BCUT2D eigenvalue weighted by atomic mass is 16.4. The van der Waals surface area contributed by atoms with Crippen LogP contribution in [-0.4, -0.2) is 93.4 Å². The molecule has 5 aromatic heterocycles. The van der Waals surface area contributed by atoms with Crippen LogP contribution in [0.5, 0.6) is 0 Å². The molecule has 0 spiro atoms. The van der Waals surface area contributed by atoms with Gasteiger partial charge in [0.1, 0.15) is 18.0 Å². The number of nitrogens with two attached hydrogens (primary N) is 2. The van der Waals surface area contributed by atoms with E-state index in [1.54, 1.807) is 13.8 Å². The first-order chi connectivity index (χ1) is 29.6. The van der Waals surface area contributed by atoms with Crippen molar-refractivity contribution >= 4 is 64.2 Å². The van der Waals surface area contributed by atoms with Crippen molar-refractivity contribution in [2.75, 3.05) is 11.5 Å². The van der Waals surface area contributed by atoms with Crippen LogP contribution in [0.25, 0.3) is 27.9 Å². The van der Waals surface area contributed by atoms with Crippen LogP contribution in [0.2, 0.25) is 0 Å². The molecule has 8 N–H and O–H groups in total. The molecule has 0 aliphatic rings. The number of hydrogen-bond acceptors (Lipinski definition) is 17. The lowest BCUT2D eigenvalue weighted by Gasteiger charge is -2.08. The zero-order chi connectivity index (χ0) is 44.6. The number of nitriles is 1. The highest BCUT2D eigenvalue weighted by Gasteiger charge is 2.22. The molecule has 0 bridgehead atoms. The number of anilines is 2. The van der Waals surface area contributed by atoms with E-state index in [9.17, 15) is 44.9 Å². The molecule has 5 heterocycles. The molecule has 0 saturated carbocycles. The van der Waals surface area contributed by atoms with Crippen molar-refractivity contribution in [1.82, 2.24) is 49.1 Å². The Morgan fingerprint density at radius 1 is 0.645 bits per heavy atom. The van der Waals surface area contributed by atoms with E-state index in [4.69, 9.17) is 18.0 Å². The standard InChI is InChI=1S/C36H24N18O8/c1-15-27(45-47-31-21(11-37)12-43-51(31)22-6-17(33(55)56)4-18(7-22)34(57)58)29(38)53(49-15)25-10-26(42-14-41-25)54-30(39)28(16(2)50-54)46-48-32-24(40-3)13-44-52(32)23-8-19(35(59)60)5-20(9-23)36(61)62/h4-10,12-14H,38-39H2,1-2H3,(H,55,56)(H,57,58)(H,59,60)(H,61,62). The Morgan fingerprint density at radius 3 is 1.48 bits per heavy atom. The molecule has 26 heteroatoms. The van der Waals surface area contributed by atoms with Crippen LogP contribution in [0.3, 0.4) is 0 Å². The van der Waals surface area contributed by atoms with Gasteiger partial charge in [0.05, 0.1) is 64.0 Å². The lowest BCUT2D eigenvalue weighted by molar-refractivity contribution is 0.0676. The van der Waals surface area contributed by atoms with Crippen LogP contribution in [0.15, 0.2) is 81.6 Å². The largest absolute Gasteiger partial charge is 0.478 e. The Morgan fingerprint density at radius 2 is 1.06 bits per heavy atom. The van der Waals surface area contributed by atoms with Gasteiger partial charge in [0.2, 0.25) is 0 Å². The van der Waals surface area contributed by atoms with Gasteiger partial charge >= 0.3 is 23.9 Å². The number of benzene rings is 2. The number of rotatable bonds is 12. The van der Waals surface area contributed by atoms with Gasteiger partial charge in [0.25, 0.3) is 5.69 Å². The first kappa shape index (κ1) is 40.2. The highest BCUT2D eigenvalue weighted by molar-refractivity contribution is 5.96. The van der Waals surface area contributed by atoms with Crippen molar-refractivity contribution in [3.63, 3.8) is 0 Å². The minimum absolute atomic E-state index is 0.0179. The third kappa shape index (κ3) is 7.33. The summed E-state index contributed by atoms with van der Waals surface area (Å²) in [6.07, 6.45) is 3.46. The third-order valence-electron chi connectivity index (χ3n) is 8.71. The molecule has 306 valence electrons. The van der Waals surface area contributed by atoms with E-state index in [1.807, 2.05) is 6.07 Å². The van der Waals surface area contributed by atoms with Crippen molar-refractivity contribution < 1.29 is 39.6 Å². The predicted molar refractivity (Wildman–Crippen MR) is 209 cm³/mol. The number of carboxylic acid groups (broad SMARTS) is 4. The van der Waals surface area contributed by atoms with Gasteiger partial charge in [-0.25, -0.2) is 43.4 Å². The monoisotopic (exact) mass is 836 g/mol. The molecule has 2 aromatic carbocycles. The Labute approximate surface area is 344 Å². The van der Waals surface area contributed by atoms with Gasteiger partial charge in [-0.15, -0.1) is 20.5 Å². The van der Waals surface area contributed by atoms with Crippen LogP contribution in [0.1, 0.15) is 58.4 Å². The summed E-state index contributed by atoms with van der Waals surface area (Å²) in [5.74, 6) is -5.85. The second kappa shape index (κ2) is 15.8. The van der Waals surface area contributed by atoms with Crippen molar-refractivity contribution in [2.45, 2.75) is 13.8 Å². The minimum Gasteiger partial charge on any atom is -0.478 e. The Hall–Kier alpha value is -9.98. The number of aromatic carboxylic acids is 4. The summed E-state index contributed by atoms with van der Waals surface area (Å²) >= 11 is 0. The highest BCUT2D eigenvalue weighted by Crippen LogP contribution is 2.36. The topological polar surface area (TPSA) is 376 Å². The zero-order valence-corrected chi connectivity index (χ0v) is 31.5. The molecule has 0 amide bonds. The maximum Gasteiger partial charge on any atom is 0.335 e. The van der Waals surface area contributed by atoms with Gasteiger partial charge in [-0.05, 0) is 50.2 Å². The van der Waals surface area contributed by atoms with Crippen molar-refractivity contribution in [3.8, 4) is 29.1 Å². The molecule has 0 atom stereocenters. The lowest BCUT2D eigenvalue weighted by Crippen LogP contribution is -2.09. The van der Waals surface area contributed by atoms with Crippen LogP contribution < -0.4 is 11.5 Å². The molecule has 0 fully saturated rings. The van der Waals surface area contributed by atoms with Crippen molar-refractivity contribution in [3.05, 3.63) is 112 Å². The quantitative estimate of drug-likeness (QED) is 0.0692. The van der Waals surface area contributed by atoms with Crippen LogP contribution in [0.4, 0.5) is 40.3 Å². The second-order valence-corrected chi connectivity index (χ2v) is 12.6. The molecule has 0 radical (unpaired) electrons. The zero-order valence-electron chi connectivity index (χ0n) is 31.5. The summed E-state index contributed by atoms with van der Waals surface area (Å²) in [5, 5.41) is 81.7. The molecule has 62 heavy (non-hydrogen) atoms. The van der Waals surface area contributed by atoms with Crippen molar-refractivity contribution in [2.24, 2.45) is 20.5 Å². The summed E-state index contributed by atoms with van der Waals surface area (Å²) in [7, 11) is 0. The number of carboxylic acids is 4. The number of nitrogens with zero attached hydrogens (tertiary/aromatic N) is 16.